The fraction of sp³-hybridized carbons (Fsp3) is 0.150. The van der Waals surface area contributed by atoms with Crippen LogP contribution in [0.3, 0.4) is 0 Å². The molecule has 0 aromatic heterocycles. The molecule has 0 bridgehead atoms. The molecule has 5 N–H and O–H groups in total. The van der Waals surface area contributed by atoms with Gasteiger partial charge in [0.25, 0.3) is 0 Å². The van der Waals surface area contributed by atoms with Crippen molar-refractivity contribution < 1.29 is 19.1 Å². The zero-order valence-corrected chi connectivity index (χ0v) is 27.2. The minimum absolute atomic E-state index is 0.0493. The van der Waals surface area contributed by atoms with Gasteiger partial charge >= 0.3 is 5.97 Å². The first-order valence-corrected chi connectivity index (χ1v) is 16.0. The Bertz CT molecular complexity index is 1840. The van der Waals surface area contributed by atoms with E-state index in [0.717, 1.165) is 0 Å². The molecule has 0 saturated carbocycles. The van der Waals surface area contributed by atoms with Crippen molar-refractivity contribution in [2.75, 3.05) is 11.4 Å². The van der Waals surface area contributed by atoms with E-state index in [9.17, 15) is 9.59 Å². The smallest absolute Gasteiger partial charge is 0.347 e. The van der Waals surface area contributed by atoms with Gasteiger partial charge in [-0.25, -0.2) is 4.79 Å². The van der Waals surface area contributed by atoms with Crippen molar-refractivity contribution in [1.82, 2.24) is 5.32 Å². The van der Waals surface area contributed by atoms with E-state index in [2.05, 4.69) is 10.3 Å². The standard InChI is InChI=1S/C40H39N5O4/c1-29(46)44-35(26-16-28-43-39(41)42)37(47)34-25-14-15-27-36(34)45(32-21-10-4-11-22-32)40(30-17-6-2-7-18-30,31-19-8-3-9-20-31)38(48)49-33-23-12-5-13-24-33/h2-15,17-25,27,35H,16,26,28H2,1H3,(H,44,46)(H4,41,42,43)/t35-/m0/s1. The molecule has 0 aliphatic heterocycles. The molecule has 5 rings (SSSR count). The summed E-state index contributed by atoms with van der Waals surface area (Å²) in [5.41, 5.74) is 12.0. The van der Waals surface area contributed by atoms with Crippen molar-refractivity contribution in [3.63, 3.8) is 0 Å². The fourth-order valence-electron chi connectivity index (χ4n) is 5.95. The molecule has 9 heteroatoms. The molecule has 248 valence electrons. The van der Waals surface area contributed by atoms with Gasteiger partial charge in [-0.1, -0.05) is 109 Å². The Labute approximate surface area is 286 Å². The molecule has 9 nitrogen and oxygen atoms in total. The van der Waals surface area contributed by atoms with Crippen molar-refractivity contribution in [3.8, 4) is 5.75 Å². The van der Waals surface area contributed by atoms with Crippen LogP contribution >= 0.6 is 0 Å². The molecule has 1 atom stereocenters. The second-order valence-electron chi connectivity index (χ2n) is 11.4. The van der Waals surface area contributed by atoms with Crippen LogP contribution in [0.25, 0.3) is 0 Å². The summed E-state index contributed by atoms with van der Waals surface area (Å²) >= 11 is 0. The number of hydrogen-bond donors (Lipinski definition) is 3. The molecule has 0 aliphatic carbocycles. The molecule has 0 saturated heterocycles. The van der Waals surface area contributed by atoms with E-state index in [1.165, 1.54) is 6.92 Å². The summed E-state index contributed by atoms with van der Waals surface area (Å²) in [6, 6.07) is 43.3. The molecule has 0 spiro atoms. The van der Waals surface area contributed by atoms with Gasteiger partial charge in [0.05, 0.1) is 11.7 Å². The van der Waals surface area contributed by atoms with E-state index in [1.54, 1.807) is 42.5 Å². The number of benzene rings is 5. The quantitative estimate of drug-likeness (QED) is 0.0328. The van der Waals surface area contributed by atoms with Gasteiger partial charge in [0, 0.05) is 24.7 Å². The predicted octanol–water partition coefficient (Wildman–Crippen LogP) is 6.12. The highest BCUT2D eigenvalue weighted by atomic mass is 16.5. The first-order valence-electron chi connectivity index (χ1n) is 16.0. The number of hydrogen-bond acceptors (Lipinski definition) is 6. The van der Waals surface area contributed by atoms with Crippen LogP contribution in [0.4, 0.5) is 11.4 Å². The maximum Gasteiger partial charge on any atom is 0.347 e. The first kappa shape index (κ1) is 34.1. The Morgan fingerprint density at radius 2 is 1.24 bits per heavy atom. The molecule has 0 unspecified atom stereocenters. The summed E-state index contributed by atoms with van der Waals surface area (Å²) in [5.74, 6) is -0.952. The molecule has 0 radical (unpaired) electrons. The highest BCUT2D eigenvalue weighted by Crippen LogP contribution is 2.46. The van der Waals surface area contributed by atoms with Crippen LogP contribution in [0.15, 0.2) is 151 Å². The van der Waals surface area contributed by atoms with Gasteiger partial charge in [0.1, 0.15) is 5.75 Å². The van der Waals surface area contributed by atoms with E-state index in [0.29, 0.717) is 46.8 Å². The van der Waals surface area contributed by atoms with Gasteiger partial charge in [-0.3, -0.25) is 14.6 Å². The summed E-state index contributed by atoms with van der Waals surface area (Å²) in [5, 5.41) is 2.82. The van der Waals surface area contributed by atoms with Crippen molar-refractivity contribution in [2.45, 2.75) is 31.3 Å². The first-order chi connectivity index (χ1) is 23.8. The number of esters is 1. The SMILES string of the molecule is CC(=O)N[C@@H](CCCN=C(N)N)C(=O)c1ccccc1N(c1ccccc1)C(C(=O)Oc1ccccc1)(c1ccccc1)c1ccccc1. The number of ether oxygens (including phenoxy) is 1. The third-order valence-electron chi connectivity index (χ3n) is 8.03. The number of para-hydroxylation sites is 3. The van der Waals surface area contributed by atoms with Crippen LogP contribution < -0.4 is 26.4 Å². The van der Waals surface area contributed by atoms with Gasteiger partial charge in [0.15, 0.2) is 17.3 Å². The highest BCUT2D eigenvalue weighted by Gasteiger charge is 2.51. The molecular weight excluding hydrogens is 614 g/mol. The Balaban J connectivity index is 1.78. The molecule has 5 aromatic rings. The number of carbonyl (C=O) groups excluding carboxylic acids is 3. The number of rotatable bonds is 14. The largest absolute Gasteiger partial charge is 0.424 e. The monoisotopic (exact) mass is 653 g/mol. The Kier molecular flexibility index (Phi) is 11.2. The number of nitrogens with one attached hydrogen (secondary N) is 1. The highest BCUT2D eigenvalue weighted by molar-refractivity contribution is 6.08. The Hall–Kier alpha value is -6.22. The Morgan fingerprint density at radius 1 is 0.735 bits per heavy atom. The lowest BCUT2D eigenvalue weighted by Crippen LogP contribution is -2.53. The number of nitrogens with zero attached hydrogens (tertiary/aromatic N) is 2. The van der Waals surface area contributed by atoms with E-state index < -0.39 is 17.6 Å². The lowest BCUT2D eigenvalue weighted by Gasteiger charge is -2.44. The van der Waals surface area contributed by atoms with E-state index in [-0.39, 0.29) is 24.1 Å². The number of Topliss-reactive ketones (excluding diaryl/α,β-unsaturated/α-hetero) is 1. The van der Waals surface area contributed by atoms with Crippen LogP contribution in [-0.2, 0) is 15.1 Å². The predicted molar refractivity (Wildman–Crippen MR) is 193 cm³/mol. The van der Waals surface area contributed by atoms with E-state index in [4.69, 9.17) is 16.2 Å². The average Bonchev–Trinajstić information content (AvgIpc) is 3.13. The minimum Gasteiger partial charge on any atom is -0.424 e. The third kappa shape index (κ3) is 7.85. The fourth-order valence-corrected chi connectivity index (χ4v) is 5.95. The second-order valence-corrected chi connectivity index (χ2v) is 11.4. The van der Waals surface area contributed by atoms with Crippen molar-refractivity contribution in [3.05, 3.63) is 162 Å². The molecule has 0 aliphatic rings. The Morgan fingerprint density at radius 3 is 1.80 bits per heavy atom. The minimum atomic E-state index is -1.65. The normalized spacial score (nSPS) is 11.5. The van der Waals surface area contributed by atoms with E-state index >= 15 is 4.79 Å². The van der Waals surface area contributed by atoms with Gasteiger partial charge in [-0.15, -0.1) is 0 Å². The van der Waals surface area contributed by atoms with Crippen LogP contribution in [0.1, 0.15) is 41.3 Å². The maximum atomic E-state index is 15.2. The number of nitrogens with two attached hydrogens (primary N) is 2. The summed E-state index contributed by atoms with van der Waals surface area (Å²) in [6.45, 7) is 1.66. The number of aliphatic imine (C=N–C) groups is 1. The lowest BCUT2D eigenvalue weighted by atomic mass is 9.79. The number of amides is 1. The van der Waals surface area contributed by atoms with Gasteiger partial charge < -0.3 is 26.4 Å². The number of carbonyl (C=O) groups is 3. The molecule has 0 heterocycles. The van der Waals surface area contributed by atoms with Gasteiger partial charge in [-0.05, 0) is 60.4 Å². The zero-order valence-electron chi connectivity index (χ0n) is 27.2. The molecule has 5 aromatic carbocycles. The lowest BCUT2D eigenvalue weighted by molar-refractivity contribution is -0.139. The number of anilines is 2. The van der Waals surface area contributed by atoms with Crippen LogP contribution in [0, 0.1) is 0 Å². The number of ketones is 1. The number of guanidine groups is 1. The second kappa shape index (κ2) is 16.1. The summed E-state index contributed by atoms with van der Waals surface area (Å²) in [6.07, 6.45) is 0.730. The van der Waals surface area contributed by atoms with Crippen molar-refractivity contribution in [2.24, 2.45) is 16.5 Å². The summed E-state index contributed by atoms with van der Waals surface area (Å²) in [7, 11) is 0. The van der Waals surface area contributed by atoms with Crippen molar-refractivity contribution in [1.29, 1.82) is 0 Å². The topological polar surface area (TPSA) is 140 Å². The molecular formula is C40H39N5O4. The van der Waals surface area contributed by atoms with Crippen LogP contribution in [0.2, 0.25) is 0 Å². The van der Waals surface area contributed by atoms with Crippen molar-refractivity contribution >= 4 is 35.0 Å². The maximum absolute atomic E-state index is 15.2. The molecule has 1 amide bonds. The summed E-state index contributed by atoms with van der Waals surface area (Å²) < 4.78 is 6.24. The van der Waals surface area contributed by atoms with E-state index in [1.807, 2.05) is 108 Å². The summed E-state index contributed by atoms with van der Waals surface area (Å²) in [4.78, 5) is 48.0. The van der Waals surface area contributed by atoms with Gasteiger partial charge in [0.2, 0.25) is 5.91 Å². The van der Waals surface area contributed by atoms with Gasteiger partial charge in [-0.2, -0.15) is 0 Å². The zero-order chi connectivity index (χ0) is 34.6. The molecule has 0 fully saturated rings. The molecule has 49 heavy (non-hydrogen) atoms. The third-order valence-corrected chi connectivity index (χ3v) is 8.03. The van der Waals surface area contributed by atoms with Crippen LogP contribution in [0.5, 0.6) is 5.75 Å². The average molecular weight is 654 g/mol. The van der Waals surface area contributed by atoms with Crippen LogP contribution in [-0.4, -0.2) is 36.2 Å².